The molecular formula is C19H15ClN4O2. The Kier molecular flexibility index (Phi) is 3.30. The van der Waals surface area contributed by atoms with Gasteiger partial charge in [-0.15, -0.1) is 0 Å². The van der Waals surface area contributed by atoms with Crippen LogP contribution < -0.4 is 0 Å². The van der Waals surface area contributed by atoms with Gasteiger partial charge in [0.2, 0.25) is 0 Å². The molecule has 0 saturated heterocycles. The van der Waals surface area contributed by atoms with Gasteiger partial charge in [0.25, 0.3) is 5.91 Å². The summed E-state index contributed by atoms with van der Waals surface area (Å²) >= 11 is 5.95. The third kappa shape index (κ3) is 2.29. The molecule has 1 aliphatic heterocycles. The van der Waals surface area contributed by atoms with Crippen LogP contribution in [0.5, 0.6) is 0 Å². The van der Waals surface area contributed by atoms with Gasteiger partial charge in [-0.25, -0.2) is 9.50 Å². The highest BCUT2D eigenvalue weighted by Gasteiger charge is 2.30. The molecule has 4 heterocycles. The van der Waals surface area contributed by atoms with E-state index >= 15 is 0 Å². The molecule has 130 valence electrons. The maximum atomic E-state index is 13.1. The number of rotatable bonds is 1. The Morgan fingerprint density at radius 1 is 1.35 bits per heavy atom. The Morgan fingerprint density at radius 2 is 2.23 bits per heavy atom. The minimum atomic E-state index is -0.107. The zero-order valence-corrected chi connectivity index (χ0v) is 14.8. The van der Waals surface area contributed by atoms with Gasteiger partial charge in [0.1, 0.15) is 5.58 Å². The van der Waals surface area contributed by atoms with E-state index in [1.807, 2.05) is 24.0 Å². The topological polar surface area (TPSA) is 63.6 Å². The number of halogens is 1. The highest BCUT2D eigenvalue weighted by atomic mass is 35.5. The lowest BCUT2D eigenvalue weighted by atomic mass is 9.92. The molecule has 1 aliphatic rings. The lowest BCUT2D eigenvalue weighted by Crippen LogP contribution is -2.39. The van der Waals surface area contributed by atoms with Crippen LogP contribution in [0.1, 0.15) is 34.6 Å². The summed E-state index contributed by atoms with van der Waals surface area (Å²) in [7, 11) is 0. The summed E-state index contributed by atoms with van der Waals surface area (Å²) in [6.07, 6.45) is 5.69. The zero-order chi connectivity index (χ0) is 17.8. The van der Waals surface area contributed by atoms with Crippen molar-refractivity contribution >= 4 is 34.1 Å². The molecule has 0 bridgehead atoms. The normalized spacial score (nSPS) is 17.0. The van der Waals surface area contributed by atoms with Gasteiger partial charge in [-0.05, 0) is 42.7 Å². The smallest absolute Gasteiger partial charge is 0.274 e. The molecule has 3 aromatic heterocycles. The Labute approximate surface area is 154 Å². The summed E-state index contributed by atoms with van der Waals surface area (Å²) in [5.74, 6) is -0.107. The Bertz CT molecular complexity index is 1160. The average molecular weight is 367 g/mol. The molecular weight excluding hydrogens is 352 g/mol. The highest BCUT2D eigenvalue weighted by molar-refractivity contribution is 6.30. The van der Waals surface area contributed by atoms with Gasteiger partial charge in [0, 0.05) is 24.2 Å². The number of furan rings is 1. The lowest BCUT2D eigenvalue weighted by molar-refractivity contribution is 0.0671. The van der Waals surface area contributed by atoms with Crippen molar-refractivity contribution in [2.75, 3.05) is 6.54 Å². The molecule has 0 N–H and O–H groups in total. The van der Waals surface area contributed by atoms with E-state index in [9.17, 15) is 4.79 Å². The third-order valence-corrected chi connectivity index (χ3v) is 5.21. The van der Waals surface area contributed by atoms with E-state index in [1.54, 1.807) is 24.7 Å². The van der Waals surface area contributed by atoms with Gasteiger partial charge in [0.05, 0.1) is 23.5 Å². The van der Waals surface area contributed by atoms with E-state index in [1.165, 1.54) is 10.1 Å². The summed E-state index contributed by atoms with van der Waals surface area (Å²) in [6, 6.07) is 7.80. The fourth-order valence-corrected chi connectivity index (χ4v) is 3.80. The van der Waals surface area contributed by atoms with Crippen molar-refractivity contribution in [1.82, 2.24) is 19.5 Å². The fraction of sp³-hybridized carbons (Fsp3) is 0.211. The van der Waals surface area contributed by atoms with Crippen LogP contribution in [0.3, 0.4) is 0 Å². The van der Waals surface area contributed by atoms with Gasteiger partial charge in [-0.1, -0.05) is 11.6 Å². The first-order valence-electron chi connectivity index (χ1n) is 8.42. The molecule has 0 fully saturated rings. The minimum Gasteiger partial charge on any atom is -0.464 e. The van der Waals surface area contributed by atoms with Crippen LogP contribution in [0, 0.1) is 0 Å². The summed E-state index contributed by atoms with van der Waals surface area (Å²) in [5.41, 5.74) is 4.20. The quantitative estimate of drug-likeness (QED) is 0.512. The van der Waals surface area contributed by atoms with Gasteiger partial charge >= 0.3 is 0 Å². The largest absolute Gasteiger partial charge is 0.464 e. The molecule has 4 aromatic rings. The molecule has 1 amide bonds. The second-order valence-corrected chi connectivity index (χ2v) is 6.97. The van der Waals surface area contributed by atoms with Crippen molar-refractivity contribution in [3.05, 3.63) is 64.8 Å². The van der Waals surface area contributed by atoms with E-state index in [-0.39, 0.29) is 11.9 Å². The molecule has 0 radical (unpaired) electrons. The molecule has 7 heteroatoms. The minimum absolute atomic E-state index is 0.0536. The molecule has 6 nitrogen and oxygen atoms in total. The number of carbonyl (C=O) groups is 1. The van der Waals surface area contributed by atoms with Gasteiger partial charge < -0.3 is 9.32 Å². The number of aromatic nitrogens is 3. The monoisotopic (exact) mass is 366 g/mol. The first kappa shape index (κ1) is 15.4. The van der Waals surface area contributed by atoms with Crippen LogP contribution in [0.15, 0.2) is 47.3 Å². The molecule has 26 heavy (non-hydrogen) atoms. The first-order chi connectivity index (χ1) is 12.6. The van der Waals surface area contributed by atoms with Crippen molar-refractivity contribution < 1.29 is 9.21 Å². The molecule has 0 saturated carbocycles. The van der Waals surface area contributed by atoms with E-state index in [4.69, 9.17) is 16.0 Å². The lowest BCUT2D eigenvalue weighted by Gasteiger charge is -2.34. The van der Waals surface area contributed by atoms with Crippen molar-refractivity contribution in [1.29, 1.82) is 0 Å². The predicted molar refractivity (Wildman–Crippen MR) is 97.4 cm³/mol. The highest BCUT2D eigenvalue weighted by Crippen LogP contribution is 2.33. The molecule has 0 aliphatic carbocycles. The van der Waals surface area contributed by atoms with Crippen molar-refractivity contribution in [3.63, 3.8) is 0 Å². The maximum absolute atomic E-state index is 13.1. The number of hydrogen-bond acceptors (Lipinski definition) is 4. The average Bonchev–Trinajstić information content (AvgIpc) is 3.25. The van der Waals surface area contributed by atoms with Crippen molar-refractivity contribution in [2.45, 2.75) is 19.4 Å². The van der Waals surface area contributed by atoms with Crippen LogP contribution in [-0.4, -0.2) is 31.9 Å². The number of amides is 1. The second-order valence-electron chi connectivity index (χ2n) is 6.54. The zero-order valence-electron chi connectivity index (χ0n) is 14.0. The number of carbonyl (C=O) groups excluding carboxylic acids is 1. The van der Waals surface area contributed by atoms with E-state index in [2.05, 4.69) is 16.1 Å². The van der Waals surface area contributed by atoms with Crippen LogP contribution >= 0.6 is 11.6 Å². The maximum Gasteiger partial charge on any atom is 0.274 e. The molecule has 1 atom stereocenters. The fourth-order valence-electron chi connectivity index (χ4n) is 3.66. The number of hydrogen-bond donors (Lipinski definition) is 0. The number of fused-ring (bicyclic) bond motifs is 3. The summed E-state index contributed by atoms with van der Waals surface area (Å²) in [4.78, 5) is 19.1. The van der Waals surface area contributed by atoms with Crippen molar-refractivity contribution in [2.24, 2.45) is 0 Å². The van der Waals surface area contributed by atoms with Crippen LogP contribution in [0.25, 0.3) is 16.6 Å². The van der Waals surface area contributed by atoms with E-state index in [0.717, 1.165) is 23.0 Å². The third-order valence-electron chi connectivity index (χ3n) is 5.02. The second kappa shape index (κ2) is 5.57. The Morgan fingerprint density at radius 3 is 3.12 bits per heavy atom. The van der Waals surface area contributed by atoms with Gasteiger partial charge in [0.15, 0.2) is 11.3 Å². The molecule has 1 aromatic carbocycles. The van der Waals surface area contributed by atoms with E-state index < -0.39 is 0 Å². The molecule has 1 unspecified atom stereocenters. The van der Waals surface area contributed by atoms with Crippen LogP contribution in [-0.2, 0) is 6.42 Å². The number of benzene rings is 1. The number of nitrogens with zero attached hydrogens (tertiary/aromatic N) is 4. The summed E-state index contributed by atoms with van der Waals surface area (Å²) in [6.45, 7) is 2.69. The SMILES string of the molecule is CC1c2cc3occc3cc2CCN1C(=O)c1cc2ncc(Cl)cn2n1. The van der Waals surface area contributed by atoms with E-state index in [0.29, 0.717) is 22.9 Å². The Balaban J connectivity index is 1.52. The summed E-state index contributed by atoms with van der Waals surface area (Å²) in [5, 5.41) is 5.91. The van der Waals surface area contributed by atoms with Crippen LogP contribution in [0.2, 0.25) is 5.02 Å². The predicted octanol–water partition coefficient (Wildman–Crippen LogP) is 3.89. The summed E-state index contributed by atoms with van der Waals surface area (Å²) < 4.78 is 7.06. The molecule has 5 rings (SSSR count). The van der Waals surface area contributed by atoms with Crippen LogP contribution in [0.4, 0.5) is 0 Å². The Hall–Kier alpha value is -2.86. The van der Waals surface area contributed by atoms with Gasteiger partial charge in [-0.2, -0.15) is 5.10 Å². The first-order valence-corrected chi connectivity index (χ1v) is 8.80. The molecule has 0 spiro atoms. The standard InChI is InChI=1S/C19H15ClN4O2/c1-11-15-7-17-13(3-5-26-17)6-12(15)2-4-23(11)19(25)16-8-18-21-9-14(20)10-24(18)22-16/h3,5-11H,2,4H2,1H3. The van der Waals surface area contributed by atoms with Gasteiger partial charge in [-0.3, -0.25) is 4.79 Å². The van der Waals surface area contributed by atoms with Crippen molar-refractivity contribution in [3.8, 4) is 0 Å².